The number of rotatable bonds is 9. The zero-order chi connectivity index (χ0) is 27.7. The smallest absolute Gasteiger partial charge is 0.252 e. The number of fused-ring (bicyclic) bond motifs is 2. The monoisotopic (exact) mass is 652 g/mol. The second kappa shape index (κ2) is 12.0. The highest BCUT2D eigenvalue weighted by atomic mass is 127. The van der Waals surface area contributed by atoms with Gasteiger partial charge >= 0.3 is 0 Å². The molecular weight excluding hydrogens is 611 g/mol. The number of nitrogens with one attached hydrogen (secondary N) is 1. The zero-order valence-corrected chi connectivity index (χ0v) is 25.0. The molecule has 214 valence electrons. The standard InChI is InChI=1S/C30H41IN2O6/c1-30(2)20-10-9-18(21(30)16-20)17-33(29(37)25-8-5-13-38-25)23-14-19(28(36)32-11-12-34)15-26(27(23)35)39-24-7-4-3-6-22(24)31/h3-4,6-7,15,18,20-21,23,25-27,34-35H,5,8-14,16-17H2,1-2H3,(H,32,36). The summed E-state index contributed by atoms with van der Waals surface area (Å²) in [7, 11) is 0. The normalized spacial score (nSPS) is 33.1. The maximum atomic E-state index is 14.0. The Kier molecular flexibility index (Phi) is 8.90. The van der Waals surface area contributed by atoms with Gasteiger partial charge in [0.15, 0.2) is 0 Å². The number of carbonyl (C=O) groups is 2. The molecule has 0 spiro atoms. The van der Waals surface area contributed by atoms with Crippen molar-refractivity contribution in [2.75, 3.05) is 26.3 Å². The number of carbonyl (C=O) groups excluding carboxylic acids is 2. The van der Waals surface area contributed by atoms with Crippen LogP contribution in [0.1, 0.15) is 52.4 Å². The van der Waals surface area contributed by atoms with Gasteiger partial charge in [-0.25, -0.2) is 0 Å². The lowest BCUT2D eigenvalue weighted by atomic mass is 9.45. The molecule has 1 aromatic carbocycles. The fourth-order valence-corrected chi connectivity index (χ4v) is 7.76. The molecule has 3 N–H and O–H groups in total. The van der Waals surface area contributed by atoms with E-state index in [2.05, 4.69) is 41.8 Å². The van der Waals surface area contributed by atoms with E-state index in [0.29, 0.717) is 42.7 Å². The maximum absolute atomic E-state index is 14.0. The van der Waals surface area contributed by atoms with E-state index in [9.17, 15) is 19.8 Å². The third-order valence-electron chi connectivity index (χ3n) is 9.64. The van der Waals surface area contributed by atoms with Crippen LogP contribution in [0, 0.1) is 26.7 Å². The molecule has 1 aliphatic heterocycles. The first-order valence-corrected chi connectivity index (χ1v) is 15.4. The molecule has 7 unspecified atom stereocenters. The number of aliphatic hydroxyl groups excluding tert-OH is 2. The fraction of sp³-hybridized carbons (Fsp3) is 0.667. The van der Waals surface area contributed by atoms with Crippen molar-refractivity contribution in [3.05, 3.63) is 39.5 Å². The number of hydrogen-bond donors (Lipinski definition) is 3. The number of ether oxygens (including phenoxy) is 2. The summed E-state index contributed by atoms with van der Waals surface area (Å²) in [5.74, 6) is 1.83. The molecule has 1 saturated heterocycles. The molecule has 4 aliphatic carbocycles. The molecule has 7 atom stereocenters. The first kappa shape index (κ1) is 28.8. The number of hydrogen-bond acceptors (Lipinski definition) is 6. The van der Waals surface area contributed by atoms with Crippen LogP contribution in [-0.4, -0.2) is 77.6 Å². The van der Waals surface area contributed by atoms with Crippen LogP contribution >= 0.6 is 22.6 Å². The van der Waals surface area contributed by atoms with Gasteiger partial charge in [0.25, 0.3) is 5.91 Å². The van der Waals surface area contributed by atoms with E-state index in [4.69, 9.17) is 9.47 Å². The van der Waals surface area contributed by atoms with E-state index in [1.54, 1.807) is 6.08 Å². The highest BCUT2D eigenvalue weighted by Crippen LogP contribution is 2.61. The Balaban J connectivity index is 1.45. The molecule has 0 aromatic heterocycles. The van der Waals surface area contributed by atoms with Gasteiger partial charge in [0.1, 0.15) is 24.1 Å². The van der Waals surface area contributed by atoms with Crippen molar-refractivity contribution in [3.63, 3.8) is 0 Å². The SMILES string of the molecule is CC1(C)C2CCC(CN(C(=O)C3CCCO3)C3CC(C(=O)NCCO)=CC(Oc4ccccc4I)C3O)C1C2. The van der Waals surface area contributed by atoms with E-state index in [1.807, 2.05) is 29.2 Å². The van der Waals surface area contributed by atoms with Crippen LogP contribution in [0.5, 0.6) is 5.75 Å². The summed E-state index contributed by atoms with van der Waals surface area (Å²) in [5, 5.41) is 23.7. The summed E-state index contributed by atoms with van der Waals surface area (Å²) >= 11 is 2.19. The van der Waals surface area contributed by atoms with Crippen molar-refractivity contribution in [1.29, 1.82) is 0 Å². The Morgan fingerprint density at radius 2 is 2.03 bits per heavy atom. The van der Waals surface area contributed by atoms with E-state index in [1.165, 1.54) is 6.42 Å². The Morgan fingerprint density at radius 3 is 2.69 bits per heavy atom. The lowest BCUT2D eigenvalue weighted by Gasteiger charge is -2.61. The van der Waals surface area contributed by atoms with Crippen LogP contribution in [0.3, 0.4) is 0 Å². The van der Waals surface area contributed by atoms with E-state index < -0.39 is 24.4 Å². The van der Waals surface area contributed by atoms with E-state index >= 15 is 0 Å². The quantitative estimate of drug-likeness (QED) is 0.354. The van der Waals surface area contributed by atoms with Gasteiger partial charge in [-0.05, 0) is 96.1 Å². The average molecular weight is 653 g/mol. The van der Waals surface area contributed by atoms with Gasteiger partial charge in [-0.15, -0.1) is 0 Å². The Bertz CT molecular complexity index is 1080. The average Bonchev–Trinajstić information content (AvgIpc) is 3.47. The summed E-state index contributed by atoms with van der Waals surface area (Å²) in [6, 6.07) is 6.91. The van der Waals surface area contributed by atoms with Crippen LogP contribution in [-0.2, 0) is 14.3 Å². The van der Waals surface area contributed by atoms with Crippen LogP contribution < -0.4 is 10.1 Å². The van der Waals surface area contributed by atoms with Gasteiger partial charge in [0.2, 0.25) is 5.91 Å². The number of para-hydroxylation sites is 1. The fourth-order valence-electron chi connectivity index (χ4n) is 7.25. The summed E-state index contributed by atoms with van der Waals surface area (Å²) in [4.78, 5) is 28.9. The summed E-state index contributed by atoms with van der Waals surface area (Å²) in [6.45, 7) is 5.75. The largest absolute Gasteiger partial charge is 0.482 e. The minimum Gasteiger partial charge on any atom is -0.482 e. The molecule has 9 heteroatoms. The van der Waals surface area contributed by atoms with Gasteiger partial charge in [-0.2, -0.15) is 0 Å². The topological polar surface area (TPSA) is 108 Å². The minimum atomic E-state index is -1.02. The molecule has 1 aromatic rings. The highest BCUT2D eigenvalue weighted by molar-refractivity contribution is 14.1. The van der Waals surface area contributed by atoms with Crippen LogP contribution in [0.2, 0.25) is 0 Å². The summed E-state index contributed by atoms with van der Waals surface area (Å²) < 4.78 is 13.0. The molecule has 0 radical (unpaired) electrons. The maximum Gasteiger partial charge on any atom is 0.252 e. The van der Waals surface area contributed by atoms with Gasteiger partial charge in [-0.1, -0.05) is 26.0 Å². The van der Waals surface area contributed by atoms with Crippen molar-refractivity contribution in [2.24, 2.45) is 23.2 Å². The van der Waals surface area contributed by atoms with Crippen LogP contribution in [0.25, 0.3) is 0 Å². The second-order valence-electron chi connectivity index (χ2n) is 12.1. The van der Waals surface area contributed by atoms with Crippen molar-refractivity contribution >= 4 is 34.4 Å². The zero-order valence-electron chi connectivity index (χ0n) is 22.9. The van der Waals surface area contributed by atoms with Crippen molar-refractivity contribution < 1.29 is 29.3 Å². The number of halogens is 1. The molecule has 8 nitrogen and oxygen atoms in total. The molecule has 2 bridgehead atoms. The predicted octanol–water partition coefficient (Wildman–Crippen LogP) is 3.29. The van der Waals surface area contributed by atoms with Gasteiger partial charge < -0.3 is 29.9 Å². The lowest BCUT2D eigenvalue weighted by molar-refractivity contribution is -0.156. The Labute approximate surface area is 244 Å². The van der Waals surface area contributed by atoms with Gasteiger partial charge in [0.05, 0.1) is 16.2 Å². The van der Waals surface area contributed by atoms with Crippen molar-refractivity contribution in [2.45, 2.75) is 76.7 Å². The van der Waals surface area contributed by atoms with Crippen molar-refractivity contribution in [1.82, 2.24) is 10.2 Å². The van der Waals surface area contributed by atoms with Crippen molar-refractivity contribution in [3.8, 4) is 5.75 Å². The molecule has 4 fully saturated rings. The highest BCUT2D eigenvalue weighted by Gasteiger charge is 2.55. The molecular formula is C30H41IN2O6. The first-order chi connectivity index (χ1) is 18.7. The summed E-state index contributed by atoms with van der Waals surface area (Å²) in [5.41, 5.74) is 0.713. The molecule has 5 aliphatic rings. The van der Waals surface area contributed by atoms with E-state index in [0.717, 1.165) is 28.8 Å². The Morgan fingerprint density at radius 1 is 1.23 bits per heavy atom. The number of benzene rings is 1. The first-order valence-electron chi connectivity index (χ1n) is 14.3. The molecule has 2 amide bonds. The summed E-state index contributed by atoms with van der Waals surface area (Å²) in [6.07, 6.45) is 4.46. The minimum absolute atomic E-state index is 0.0964. The Hall–Kier alpha value is -1.69. The second-order valence-corrected chi connectivity index (χ2v) is 13.3. The third kappa shape index (κ3) is 5.87. The molecule has 6 rings (SSSR count). The number of aliphatic hydroxyl groups is 2. The van der Waals surface area contributed by atoms with Crippen LogP contribution in [0.4, 0.5) is 0 Å². The lowest BCUT2D eigenvalue weighted by Crippen LogP contribution is -2.60. The number of nitrogens with zero attached hydrogens (tertiary/aromatic N) is 1. The molecule has 39 heavy (non-hydrogen) atoms. The number of amides is 2. The third-order valence-corrected chi connectivity index (χ3v) is 10.5. The van der Waals surface area contributed by atoms with Gasteiger partial charge in [-0.3, -0.25) is 9.59 Å². The van der Waals surface area contributed by atoms with Crippen LogP contribution in [0.15, 0.2) is 35.9 Å². The molecule has 3 saturated carbocycles. The van der Waals surface area contributed by atoms with Gasteiger partial charge in [0, 0.05) is 31.7 Å². The molecule has 1 heterocycles. The van der Waals surface area contributed by atoms with E-state index in [-0.39, 0.29) is 36.8 Å². The predicted molar refractivity (Wildman–Crippen MR) is 155 cm³/mol.